The van der Waals surface area contributed by atoms with Crippen LogP contribution in [0.4, 0.5) is 0 Å². The van der Waals surface area contributed by atoms with E-state index >= 15 is 0 Å². The van der Waals surface area contributed by atoms with Crippen LogP contribution in [0.5, 0.6) is 0 Å². The van der Waals surface area contributed by atoms with Gasteiger partial charge in [-0.15, -0.1) is 5.10 Å². The van der Waals surface area contributed by atoms with Gasteiger partial charge in [0, 0.05) is 6.04 Å². The minimum absolute atomic E-state index is 0.0465. The van der Waals surface area contributed by atoms with Crippen LogP contribution in [0.2, 0.25) is 5.02 Å². The van der Waals surface area contributed by atoms with Crippen molar-refractivity contribution < 1.29 is 4.79 Å². The van der Waals surface area contributed by atoms with E-state index in [-0.39, 0.29) is 11.9 Å². The molecule has 1 heterocycles. The van der Waals surface area contributed by atoms with Crippen LogP contribution < -0.4 is 5.32 Å². The fourth-order valence-electron chi connectivity index (χ4n) is 1.45. The predicted molar refractivity (Wildman–Crippen MR) is 66.8 cm³/mol. The first-order valence-corrected chi connectivity index (χ1v) is 5.79. The van der Waals surface area contributed by atoms with Crippen LogP contribution in [0.25, 0.3) is 5.69 Å². The lowest BCUT2D eigenvalue weighted by molar-refractivity contribution is 0.0943. The maximum Gasteiger partial charge on any atom is 0.253 e. The maximum atomic E-state index is 11.9. The molecule has 0 fully saturated rings. The molecule has 0 radical (unpaired) electrons. The summed E-state index contributed by atoms with van der Waals surface area (Å²) >= 11 is 6.01. The van der Waals surface area contributed by atoms with Crippen LogP contribution in [0.1, 0.15) is 24.2 Å². The van der Waals surface area contributed by atoms with Gasteiger partial charge in [-0.3, -0.25) is 4.79 Å². The Morgan fingerprint density at radius 2 is 2.22 bits per heavy atom. The Morgan fingerprint density at radius 3 is 2.83 bits per heavy atom. The Kier molecular flexibility index (Phi) is 3.57. The van der Waals surface area contributed by atoms with Gasteiger partial charge in [-0.1, -0.05) is 11.6 Å². The maximum absolute atomic E-state index is 11.9. The largest absolute Gasteiger partial charge is 0.350 e. The Bertz CT molecular complexity index is 553. The molecule has 0 bridgehead atoms. The van der Waals surface area contributed by atoms with Crippen molar-refractivity contribution in [3.05, 3.63) is 35.1 Å². The fraction of sp³-hybridized carbons (Fsp3) is 0.273. The summed E-state index contributed by atoms with van der Waals surface area (Å²) in [4.78, 5) is 11.9. The second-order valence-corrected chi connectivity index (χ2v) is 4.45. The molecule has 0 aliphatic rings. The van der Waals surface area contributed by atoms with E-state index in [2.05, 4.69) is 20.8 Å². The quantitative estimate of drug-likeness (QED) is 0.912. The smallest absolute Gasteiger partial charge is 0.253 e. The van der Waals surface area contributed by atoms with Gasteiger partial charge < -0.3 is 5.32 Å². The molecule has 94 valence electrons. The molecule has 1 aromatic heterocycles. The average Bonchev–Trinajstić information content (AvgIpc) is 2.82. The van der Waals surface area contributed by atoms with Crippen LogP contribution in [0.15, 0.2) is 24.5 Å². The lowest BCUT2D eigenvalue weighted by Gasteiger charge is -2.10. The molecule has 0 unspecified atom stereocenters. The number of amides is 1. The topological polar surface area (TPSA) is 72.7 Å². The third kappa shape index (κ3) is 2.65. The fourth-order valence-corrected chi connectivity index (χ4v) is 1.65. The predicted octanol–water partition coefficient (Wildman–Crippen LogP) is 1.45. The molecule has 0 aliphatic carbocycles. The molecule has 0 saturated carbocycles. The lowest BCUT2D eigenvalue weighted by Crippen LogP contribution is -2.30. The van der Waals surface area contributed by atoms with Crippen molar-refractivity contribution in [2.75, 3.05) is 0 Å². The van der Waals surface area contributed by atoms with Crippen LogP contribution in [0.3, 0.4) is 0 Å². The van der Waals surface area contributed by atoms with Crippen LogP contribution in [-0.4, -0.2) is 32.2 Å². The highest BCUT2D eigenvalue weighted by molar-refractivity contribution is 6.33. The van der Waals surface area contributed by atoms with E-state index in [1.54, 1.807) is 18.2 Å². The minimum atomic E-state index is -0.218. The summed E-state index contributed by atoms with van der Waals surface area (Å²) in [7, 11) is 0. The molecule has 0 atom stereocenters. The number of carbonyl (C=O) groups is 1. The molecule has 1 amide bonds. The summed E-state index contributed by atoms with van der Waals surface area (Å²) in [5, 5.41) is 14.0. The standard InChI is InChI=1S/C11H12ClN5O/c1-7(2)14-11(18)9-5-8(3-4-10(9)12)17-6-13-15-16-17/h3-7H,1-2H3,(H,14,18). The van der Waals surface area contributed by atoms with Gasteiger partial charge >= 0.3 is 0 Å². The number of hydrogen-bond donors (Lipinski definition) is 1. The molecule has 18 heavy (non-hydrogen) atoms. The highest BCUT2D eigenvalue weighted by Gasteiger charge is 2.13. The monoisotopic (exact) mass is 265 g/mol. The normalized spacial score (nSPS) is 10.7. The van der Waals surface area contributed by atoms with E-state index in [1.807, 2.05) is 13.8 Å². The van der Waals surface area contributed by atoms with Gasteiger partial charge in [0.15, 0.2) is 0 Å². The summed E-state index contributed by atoms with van der Waals surface area (Å²) in [6.45, 7) is 3.77. The zero-order chi connectivity index (χ0) is 13.1. The van der Waals surface area contributed by atoms with Crippen molar-refractivity contribution in [3.8, 4) is 5.69 Å². The van der Waals surface area contributed by atoms with Crippen molar-refractivity contribution >= 4 is 17.5 Å². The molecule has 0 saturated heterocycles. The Hall–Kier alpha value is -1.95. The second kappa shape index (κ2) is 5.14. The van der Waals surface area contributed by atoms with E-state index in [0.717, 1.165) is 0 Å². The van der Waals surface area contributed by atoms with Gasteiger partial charge in [0.1, 0.15) is 6.33 Å². The van der Waals surface area contributed by atoms with Crippen molar-refractivity contribution in [3.63, 3.8) is 0 Å². The van der Waals surface area contributed by atoms with Crippen LogP contribution in [-0.2, 0) is 0 Å². The minimum Gasteiger partial charge on any atom is -0.350 e. The zero-order valence-electron chi connectivity index (χ0n) is 9.96. The number of benzene rings is 1. The van der Waals surface area contributed by atoms with Gasteiger partial charge in [0.25, 0.3) is 5.91 Å². The van der Waals surface area contributed by atoms with Crippen molar-refractivity contribution in [1.29, 1.82) is 0 Å². The van der Waals surface area contributed by atoms with Gasteiger partial charge in [-0.2, -0.15) is 0 Å². The van der Waals surface area contributed by atoms with Crippen LogP contribution >= 0.6 is 11.6 Å². The summed E-state index contributed by atoms with van der Waals surface area (Å²) in [5.74, 6) is -0.218. The number of nitrogens with zero attached hydrogens (tertiary/aromatic N) is 4. The van der Waals surface area contributed by atoms with E-state index in [4.69, 9.17) is 11.6 Å². The molecule has 0 aliphatic heterocycles. The van der Waals surface area contributed by atoms with Gasteiger partial charge in [-0.05, 0) is 42.5 Å². The van der Waals surface area contributed by atoms with Gasteiger partial charge in [0.05, 0.1) is 16.3 Å². The molecular weight excluding hydrogens is 254 g/mol. The van der Waals surface area contributed by atoms with E-state index in [9.17, 15) is 4.79 Å². The SMILES string of the molecule is CC(C)NC(=O)c1cc(-n2cnnn2)ccc1Cl. The number of tetrazole rings is 1. The first kappa shape index (κ1) is 12.5. The van der Waals surface area contributed by atoms with Crippen molar-refractivity contribution in [1.82, 2.24) is 25.5 Å². The van der Waals surface area contributed by atoms with Crippen molar-refractivity contribution in [2.45, 2.75) is 19.9 Å². The van der Waals surface area contributed by atoms with Crippen molar-refractivity contribution in [2.24, 2.45) is 0 Å². The third-order valence-electron chi connectivity index (χ3n) is 2.23. The summed E-state index contributed by atoms with van der Waals surface area (Å²) in [6, 6.07) is 5.08. The Balaban J connectivity index is 2.36. The molecule has 1 N–H and O–H groups in total. The molecule has 2 rings (SSSR count). The molecular formula is C11H12ClN5O. The molecule has 0 spiro atoms. The van der Waals surface area contributed by atoms with E-state index < -0.39 is 0 Å². The highest BCUT2D eigenvalue weighted by atomic mass is 35.5. The first-order chi connectivity index (χ1) is 8.58. The highest BCUT2D eigenvalue weighted by Crippen LogP contribution is 2.19. The molecule has 1 aromatic carbocycles. The zero-order valence-corrected chi connectivity index (χ0v) is 10.7. The van der Waals surface area contributed by atoms with E-state index in [1.165, 1.54) is 11.0 Å². The Labute approximate surface area is 109 Å². The van der Waals surface area contributed by atoms with E-state index in [0.29, 0.717) is 16.3 Å². The number of hydrogen-bond acceptors (Lipinski definition) is 4. The molecule has 7 heteroatoms. The number of carbonyl (C=O) groups excluding carboxylic acids is 1. The van der Waals surface area contributed by atoms with Gasteiger partial charge in [0.2, 0.25) is 0 Å². The summed E-state index contributed by atoms with van der Waals surface area (Å²) < 4.78 is 1.46. The number of halogens is 1. The Morgan fingerprint density at radius 1 is 1.44 bits per heavy atom. The third-order valence-corrected chi connectivity index (χ3v) is 2.56. The van der Waals surface area contributed by atoms with Crippen LogP contribution in [0, 0.1) is 0 Å². The summed E-state index contributed by atoms with van der Waals surface area (Å²) in [5.41, 5.74) is 1.08. The van der Waals surface area contributed by atoms with Gasteiger partial charge in [-0.25, -0.2) is 4.68 Å². The first-order valence-electron chi connectivity index (χ1n) is 5.41. The molecule has 2 aromatic rings. The number of rotatable bonds is 3. The summed E-state index contributed by atoms with van der Waals surface area (Å²) in [6.07, 6.45) is 1.45. The molecule has 6 nitrogen and oxygen atoms in total. The number of aromatic nitrogens is 4. The lowest BCUT2D eigenvalue weighted by atomic mass is 10.1. The number of nitrogens with one attached hydrogen (secondary N) is 1. The second-order valence-electron chi connectivity index (χ2n) is 4.05. The average molecular weight is 266 g/mol.